The lowest BCUT2D eigenvalue weighted by molar-refractivity contribution is 0.101. The Balaban J connectivity index is 2.85. The number of hydrogen-bond donors (Lipinski definition) is 0. The van der Waals surface area contributed by atoms with Crippen LogP contribution in [0.4, 0.5) is 5.82 Å². The van der Waals surface area contributed by atoms with E-state index in [1.807, 2.05) is 12.1 Å². The van der Waals surface area contributed by atoms with Crippen molar-refractivity contribution in [2.45, 2.75) is 26.8 Å². The summed E-state index contributed by atoms with van der Waals surface area (Å²) >= 11 is 0. The molecule has 100 valence electrons. The van der Waals surface area contributed by atoms with Crippen molar-refractivity contribution >= 4 is 11.6 Å². The van der Waals surface area contributed by atoms with Gasteiger partial charge in [-0.3, -0.25) is 4.79 Å². The first kappa shape index (κ1) is 14.6. The Hall–Kier alpha value is -1.42. The molecule has 0 aliphatic heterocycles. The van der Waals surface area contributed by atoms with Gasteiger partial charge in [0.05, 0.1) is 0 Å². The number of rotatable bonds is 6. The average Bonchev–Trinajstić information content (AvgIpc) is 2.29. The Bertz CT molecular complexity index is 387. The lowest BCUT2D eigenvalue weighted by Crippen LogP contribution is -2.40. The molecular weight excluding hydrogens is 226 g/mol. The number of ketones is 1. The molecule has 1 rings (SSSR count). The number of aromatic nitrogens is 1. The Labute approximate surface area is 110 Å². The molecule has 0 bridgehead atoms. The molecule has 18 heavy (non-hydrogen) atoms. The van der Waals surface area contributed by atoms with Gasteiger partial charge in [-0.05, 0) is 47.0 Å². The van der Waals surface area contributed by atoms with Gasteiger partial charge in [0.1, 0.15) is 5.82 Å². The van der Waals surface area contributed by atoms with E-state index in [2.05, 4.69) is 42.7 Å². The molecular formula is C14H23N3O. The summed E-state index contributed by atoms with van der Waals surface area (Å²) in [5.41, 5.74) is 0.662. The van der Waals surface area contributed by atoms with Crippen LogP contribution in [0.25, 0.3) is 0 Å². The van der Waals surface area contributed by atoms with Gasteiger partial charge in [0, 0.05) is 30.9 Å². The van der Waals surface area contributed by atoms with Gasteiger partial charge in [0.15, 0.2) is 5.78 Å². The van der Waals surface area contributed by atoms with Crippen LogP contribution in [0, 0.1) is 0 Å². The highest BCUT2D eigenvalue weighted by Gasteiger charge is 2.14. The first-order chi connectivity index (χ1) is 8.45. The van der Waals surface area contributed by atoms with Crippen LogP contribution in [0.1, 0.15) is 31.1 Å². The molecule has 4 heteroatoms. The quantitative estimate of drug-likeness (QED) is 0.723. The zero-order chi connectivity index (χ0) is 13.7. The Morgan fingerprint density at radius 3 is 2.44 bits per heavy atom. The van der Waals surface area contributed by atoms with Crippen molar-refractivity contribution in [2.24, 2.45) is 0 Å². The van der Waals surface area contributed by atoms with Crippen molar-refractivity contribution in [1.82, 2.24) is 9.88 Å². The number of anilines is 1. The molecule has 1 aromatic heterocycles. The van der Waals surface area contributed by atoms with E-state index in [0.717, 1.165) is 18.9 Å². The molecule has 0 N–H and O–H groups in total. The van der Waals surface area contributed by atoms with Gasteiger partial charge >= 0.3 is 0 Å². The molecule has 0 aliphatic carbocycles. The van der Waals surface area contributed by atoms with Crippen molar-refractivity contribution in [3.63, 3.8) is 0 Å². The van der Waals surface area contributed by atoms with Gasteiger partial charge in [-0.15, -0.1) is 0 Å². The van der Waals surface area contributed by atoms with Crippen molar-refractivity contribution < 1.29 is 4.79 Å². The highest BCUT2D eigenvalue weighted by atomic mass is 16.1. The highest BCUT2D eigenvalue weighted by molar-refractivity contribution is 5.93. The van der Waals surface area contributed by atoms with Crippen LogP contribution >= 0.6 is 0 Å². The molecule has 4 nitrogen and oxygen atoms in total. The number of carbonyl (C=O) groups is 1. The fourth-order valence-corrected chi connectivity index (χ4v) is 2.09. The maximum atomic E-state index is 11.2. The van der Waals surface area contributed by atoms with Crippen LogP contribution in [0.15, 0.2) is 18.3 Å². The molecule has 1 atom stereocenters. The van der Waals surface area contributed by atoms with Crippen LogP contribution in [-0.4, -0.2) is 48.9 Å². The lowest BCUT2D eigenvalue weighted by atomic mass is 10.2. The van der Waals surface area contributed by atoms with E-state index in [4.69, 9.17) is 0 Å². The summed E-state index contributed by atoms with van der Waals surface area (Å²) in [5, 5.41) is 0. The third-order valence-electron chi connectivity index (χ3n) is 2.95. The van der Waals surface area contributed by atoms with E-state index in [1.165, 1.54) is 0 Å². The molecule has 0 spiro atoms. The second-order valence-electron chi connectivity index (χ2n) is 4.86. The summed E-state index contributed by atoms with van der Waals surface area (Å²) in [6, 6.07) is 4.16. The molecule has 0 saturated carbocycles. The molecule has 0 fully saturated rings. The smallest absolute Gasteiger partial charge is 0.161 e. The van der Waals surface area contributed by atoms with Gasteiger partial charge in [-0.2, -0.15) is 0 Å². The summed E-state index contributed by atoms with van der Waals surface area (Å²) in [5.74, 6) is 0.982. The zero-order valence-corrected chi connectivity index (χ0v) is 12.0. The fourth-order valence-electron chi connectivity index (χ4n) is 2.09. The topological polar surface area (TPSA) is 36.4 Å². The summed E-state index contributed by atoms with van der Waals surface area (Å²) in [6.45, 7) is 7.74. The van der Waals surface area contributed by atoms with Gasteiger partial charge in [0.2, 0.25) is 0 Å². The second kappa shape index (κ2) is 6.50. The van der Waals surface area contributed by atoms with E-state index in [1.54, 1.807) is 13.1 Å². The monoisotopic (exact) mass is 249 g/mol. The fraction of sp³-hybridized carbons (Fsp3) is 0.571. The molecule has 1 aromatic rings. The number of hydrogen-bond acceptors (Lipinski definition) is 4. The number of Topliss-reactive ketones (excluding diaryl/α,β-unsaturated/α-hetero) is 1. The van der Waals surface area contributed by atoms with Crippen LogP contribution in [0.2, 0.25) is 0 Å². The lowest BCUT2D eigenvalue weighted by Gasteiger charge is -2.31. The molecule has 1 heterocycles. The van der Waals surface area contributed by atoms with Crippen molar-refractivity contribution in [1.29, 1.82) is 0 Å². The summed E-state index contributed by atoms with van der Waals surface area (Å²) in [4.78, 5) is 20.0. The van der Waals surface area contributed by atoms with E-state index in [-0.39, 0.29) is 5.78 Å². The number of likely N-dealkylation sites (N-methyl/N-ethyl adjacent to an activating group) is 2. The van der Waals surface area contributed by atoms with Crippen LogP contribution < -0.4 is 4.90 Å². The molecule has 0 radical (unpaired) electrons. The summed E-state index contributed by atoms with van der Waals surface area (Å²) in [6.07, 6.45) is 1.66. The van der Waals surface area contributed by atoms with Crippen molar-refractivity contribution in [2.75, 3.05) is 32.1 Å². The highest BCUT2D eigenvalue weighted by Crippen LogP contribution is 2.15. The van der Waals surface area contributed by atoms with Crippen molar-refractivity contribution in [3.8, 4) is 0 Å². The summed E-state index contributed by atoms with van der Waals surface area (Å²) in [7, 11) is 4.13. The van der Waals surface area contributed by atoms with Gasteiger partial charge in [-0.1, -0.05) is 0 Å². The number of nitrogens with zero attached hydrogens (tertiary/aromatic N) is 3. The number of carbonyl (C=O) groups excluding carboxylic acids is 1. The zero-order valence-electron chi connectivity index (χ0n) is 12.0. The Kier molecular flexibility index (Phi) is 5.28. The molecule has 0 aromatic carbocycles. The largest absolute Gasteiger partial charge is 0.353 e. The maximum absolute atomic E-state index is 11.2. The average molecular weight is 249 g/mol. The van der Waals surface area contributed by atoms with Gasteiger partial charge in [0.25, 0.3) is 0 Å². The van der Waals surface area contributed by atoms with Crippen molar-refractivity contribution in [3.05, 3.63) is 23.9 Å². The molecule has 1 unspecified atom stereocenters. The Morgan fingerprint density at radius 1 is 1.39 bits per heavy atom. The third-order valence-corrected chi connectivity index (χ3v) is 2.95. The van der Waals surface area contributed by atoms with E-state index >= 15 is 0 Å². The first-order valence-corrected chi connectivity index (χ1v) is 6.34. The third kappa shape index (κ3) is 3.81. The SMILES string of the molecule is CCN(c1ccc(C(C)=O)cn1)C(C)CN(C)C. The summed E-state index contributed by atoms with van der Waals surface area (Å²) < 4.78 is 0. The standard InChI is InChI=1S/C14H23N3O/c1-6-17(11(2)10-16(4)5)14-8-7-13(9-15-14)12(3)18/h7-9,11H,6,10H2,1-5H3. The van der Waals surface area contributed by atoms with E-state index in [0.29, 0.717) is 11.6 Å². The molecule has 0 amide bonds. The number of pyridine rings is 1. The predicted molar refractivity (Wildman–Crippen MR) is 75.3 cm³/mol. The normalized spacial score (nSPS) is 12.6. The van der Waals surface area contributed by atoms with E-state index in [9.17, 15) is 4.79 Å². The van der Waals surface area contributed by atoms with Gasteiger partial charge in [-0.25, -0.2) is 4.98 Å². The molecule has 0 saturated heterocycles. The Morgan fingerprint density at radius 2 is 2.06 bits per heavy atom. The molecule has 0 aliphatic rings. The van der Waals surface area contributed by atoms with Gasteiger partial charge < -0.3 is 9.80 Å². The van der Waals surface area contributed by atoms with Crippen LogP contribution in [0.3, 0.4) is 0 Å². The van der Waals surface area contributed by atoms with Crippen LogP contribution in [-0.2, 0) is 0 Å². The predicted octanol–water partition coefficient (Wildman–Crippen LogP) is 2.06. The maximum Gasteiger partial charge on any atom is 0.161 e. The minimum absolute atomic E-state index is 0.0541. The van der Waals surface area contributed by atoms with Crippen LogP contribution in [0.5, 0.6) is 0 Å². The second-order valence-corrected chi connectivity index (χ2v) is 4.86. The minimum atomic E-state index is 0.0541. The van der Waals surface area contributed by atoms with E-state index < -0.39 is 0 Å². The first-order valence-electron chi connectivity index (χ1n) is 6.34. The minimum Gasteiger partial charge on any atom is -0.353 e.